The summed E-state index contributed by atoms with van der Waals surface area (Å²) >= 11 is 0. The second-order valence-corrected chi connectivity index (χ2v) is 7.33. The Kier molecular flexibility index (Phi) is 9.70. The van der Waals surface area contributed by atoms with Crippen LogP contribution in [0.3, 0.4) is 0 Å². The summed E-state index contributed by atoms with van der Waals surface area (Å²) < 4.78 is 19.9. The molecule has 0 aromatic heterocycles. The molecule has 8 heteroatoms. The maximum Gasteiger partial charge on any atom is 0.415 e. The fourth-order valence-corrected chi connectivity index (χ4v) is 2.45. The molecule has 7 nitrogen and oxygen atoms in total. The summed E-state index contributed by atoms with van der Waals surface area (Å²) in [6.45, 7) is 7.83. The molecule has 21 heavy (non-hydrogen) atoms. The minimum absolute atomic E-state index is 0.255. The highest BCUT2D eigenvalue weighted by molar-refractivity contribution is 7.60. The molecule has 0 aromatic rings. The minimum Gasteiger partial charge on any atom is -0.434 e. The van der Waals surface area contributed by atoms with Crippen LogP contribution in [0.25, 0.3) is 0 Å². The highest BCUT2D eigenvalue weighted by Gasteiger charge is 2.41. The fourth-order valence-electron chi connectivity index (χ4n) is 1.12. The first-order valence-electron chi connectivity index (χ1n) is 6.95. The fraction of sp³-hybridized carbons (Fsp3) is 0.846. The first-order valence-corrected chi connectivity index (χ1v) is 8.71. The van der Waals surface area contributed by atoms with Gasteiger partial charge in [0.05, 0.1) is 11.8 Å². The molecule has 0 unspecified atom stereocenters. The van der Waals surface area contributed by atoms with E-state index in [4.69, 9.17) is 18.5 Å². The average Bonchev–Trinajstić information content (AvgIpc) is 2.38. The molecule has 0 radical (unpaired) electrons. The predicted molar refractivity (Wildman–Crippen MR) is 78.1 cm³/mol. The SMILES string of the molecule is CCC[P+](O)(OCOC(=O)C(C)C)OCOC(=O)C(C)C. The van der Waals surface area contributed by atoms with Crippen LogP contribution in [0, 0.1) is 11.8 Å². The quantitative estimate of drug-likeness (QED) is 0.375. The van der Waals surface area contributed by atoms with Crippen molar-refractivity contribution in [3.8, 4) is 0 Å². The van der Waals surface area contributed by atoms with Gasteiger partial charge in [0, 0.05) is 0 Å². The zero-order chi connectivity index (χ0) is 16.5. The van der Waals surface area contributed by atoms with Gasteiger partial charge in [0.15, 0.2) is 0 Å². The Bertz CT molecular complexity index is 304. The summed E-state index contributed by atoms with van der Waals surface area (Å²) in [5, 5.41) is 0. The smallest absolute Gasteiger partial charge is 0.415 e. The van der Waals surface area contributed by atoms with E-state index in [1.54, 1.807) is 27.7 Å². The third kappa shape index (κ3) is 8.98. The molecule has 0 bridgehead atoms. The summed E-state index contributed by atoms with van der Waals surface area (Å²) in [6, 6.07) is 0. The first-order chi connectivity index (χ1) is 9.72. The van der Waals surface area contributed by atoms with Crippen LogP contribution in [0.4, 0.5) is 0 Å². The van der Waals surface area contributed by atoms with Gasteiger partial charge in [-0.2, -0.15) is 4.89 Å². The second-order valence-electron chi connectivity index (χ2n) is 5.09. The monoisotopic (exact) mass is 325 g/mol. The second kappa shape index (κ2) is 10.1. The summed E-state index contributed by atoms with van der Waals surface area (Å²) in [4.78, 5) is 32.8. The number of carbonyl (C=O) groups excluding carboxylic acids is 2. The van der Waals surface area contributed by atoms with Crippen LogP contribution in [0.1, 0.15) is 41.0 Å². The minimum atomic E-state index is -3.20. The van der Waals surface area contributed by atoms with E-state index in [-0.39, 0.29) is 31.6 Å². The van der Waals surface area contributed by atoms with Crippen LogP contribution in [0.5, 0.6) is 0 Å². The number of rotatable bonds is 10. The van der Waals surface area contributed by atoms with Crippen molar-refractivity contribution in [1.29, 1.82) is 0 Å². The van der Waals surface area contributed by atoms with E-state index in [9.17, 15) is 14.5 Å². The van der Waals surface area contributed by atoms with Crippen molar-refractivity contribution in [2.45, 2.75) is 41.0 Å². The number of esters is 2. The van der Waals surface area contributed by atoms with Gasteiger partial charge in [0.2, 0.25) is 13.6 Å². The van der Waals surface area contributed by atoms with Crippen LogP contribution < -0.4 is 0 Å². The molecule has 1 N–H and O–H groups in total. The maximum atomic E-state index is 11.3. The molecular weight excluding hydrogens is 299 g/mol. The van der Waals surface area contributed by atoms with Gasteiger partial charge in [0.1, 0.15) is 6.16 Å². The lowest BCUT2D eigenvalue weighted by Gasteiger charge is -2.17. The standard InChI is InChI=1S/C13H26O7P/c1-6-7-21(16,19-8-17-12(14)10(2)3)20-9-18-13(15)11(4)5/h10-11,16H,6-9H2,1-5H3/q+1. The molecule has 0 aromatic carbocycles. The number of carbonyl (C=O) groups is 2. The van der Waals surface area contributed by atoms with Gasteiger partial charge in [-0.25, -0.2) is 0 Å². The summed E-state index contributed by atoms with van der Waals surface area (Å²) in [5.74, 6) is -1.41. The van der Waals surface area contributed by atoms with Crippen molar-refractivity contribution < 1.29 is 33.0 Å². The van der Waals surface area contributed by atoms with Gasteiger partial charge in [0.25, 0.3) is 0 Å². The van der Waals surface area contributed by atoms with E-state index >= 15 is 0 Å². The highest BCUT2D eigenvalue weighted by Crippen LogP contribution is 2.57. The Morgan fingerprint density at radius 1 is 0.952 bits per heavy atom. The lowest BCUT2D eigenvalue weighted by atomic mass is 10.2. The molecule has 0 aliphatic carbocycles. The molecular formula is C13H26O7P+. The molecule has 0 atom stereocenters. The molecule has 0 saturated carbocycles. The Balaban J connectivity index is 4.22. The van der Waals surface area contributed by atoms with E-state index in [1.165, 1.54) is 0 Å². The van der Waals surface area contributed by atoms with E-state index in [0.29, 0.717) is 6.42 Å². The van der Waals surface area contributed by atoms with E-state index < -0.39 is 19.9 Å². The molecule has 0 aliphatic heterocycles. The van der Waals surface area contributed by atoms with Crippen LogP contribution in [-0.2, 0) is 28.1 Å². The normalized spacial score (nSPS) is 11.8. The van der Waals surface area contributed by atoms with Crippen LogP contribution >= 0.6 is 7.94 Å². The highest BCUT2D eigenvalue weighted by atomic mass is 31.2. The van der Waals surface area contributed by atoms with Crippen molar-refractivity contribution in [2.24, 2.45) is 11.8 Å². The number of hydrogen-bond donors (Lipinski definition) is 1. The first kappa shape index (κ1) is 20.2. The van der Waals surface area contributed by atoms with Crippen LogP contribution in [0.15, 0.2) is 0 Å². The maximum absolute atomic E-state index is 11.3. The average molecular weight is 325 g/mol. The number of hydrogen-bond acceptors (Lipinski definition) is 7. The summed E-state index contributed by atoms with van der Waals surface area (Å²) in [6.07, 6.45) is 0.867. The molecule has 124 valence electrons. The van der Waals surface area contributed by atoms with Crippen LogP contribution in [0.2, 0.25) is 0 Å². The van der Waals surface area contributed by atoms with Gasteiger partial charge >= 0.3 is 19.9 Å². The van der Waals surface area contributed by atoms with Gasteiger partial charge < -0.3 is 9.47 Å². The van der Waals surface area contributed by atoms with Crippen molar-refractivity contribution in [3.63, 3.8) is 0 Å². The zero-order valence-corrected chi connectivity index (χ0v) is 14.2. The molecule has 0 aliphatic rings. The molecule has 0 rings (SSSR count). The zero-order valence-electron chi connectivity index (χ0n) is 13.3. The van der Waals surface area contributed by atoms with E-state index in [0.717, 1.165) is 0 Å². The lowest BCUT2D eigenvalue weighted by Crippen LogP contribution is -2.18. The Morgan fingerprint density at radius 2 is 1.33 bits per heavy atom. The van der Waals surface area contributed by atoms with Gasteiger partial charge in [-0.3, -0.25) is 9.59 Å². The lowest BCUT2D eigenvalue weighted by molar-refractivity contribution is -0.156. The Hall–Kier alpha value is -0.750. The largest absolute Gasteiger partial charge is 0.434 e. The van der Waals surface area contributed by atoms with Crippen molar-refractivity contribution in [2.75, 3.05) is 19.7 Å². The molecule has 0 saturated heterocycles. The Labute approximate surface area is 126 Å². The number of ether oxygens (including phenoxy) is 2. The van der Waals surface area contributed by atoms with E-state index in [1.807, 2.05) is 6.92 Å². The third-order valence-corrected chi connectivity index (χ3v) is 4.39. The van der Waals surface area contributed by atoms with Crippen molar-refractivity contribution in [3.05, 3.63) is 0 Å². The van der Waals surface area contributed by atoms with Gasteiger partial charge in [-0.1, -0.05) is 34.6 Å². The van der Waals surface area contributed by atoms with Gasteiger partial charge in [-0.05, 0) is 6.42 Å². The molecule has 0 spiro atoms. The molecule has 0 heterocycles. The van der Waals surface area contributed by atoms with Crippen molar-refractivity contribution in [1.82, 2.24) is 0 Å². The topological polar surface area (TPSA) is 91.3 Å². The molecule has 0 fully saturated rings. The van der Waals surface area contributed by atoms with Crippen LogP contribution in [-0.4, -0.2) is 36.6 Å². The predicted octanol–water partition coefficient (Wildman–Crippen LogP) is 2.50. The third-order valence-electron chi connectivity index (χ3n) is 2.36. The van der Waals surface area contributed by atoms with E-state index in [2.05, 4.69) is 0 Å². The Morgan fingerprint density at radius 3 is 1.62 bits per heavy atom. The molecule has 0 amide bonds. The van der Waals surface area contributed by atoms with Crippen molar-refractivity contribution >= 4 is 19.9 Å². The summed E-state index contributed by atoms with van der Waals surface area (Å²) in [5.41, 5.74) is 0. The van der Waals surface area contributed by atoms with Gasteiger partial charge in [-0.15, -0.1) is 9.05 Å². The summed E-state index contributed by atoms with van der Waals surface area (Å²) in [7, 11) is -3.20.